The quantitative estimate of drug-likeness (QED) is 0.495. The number of rotatable bonds is 7. The Balaban J connectivity index is 2.20. The number of anilines is 2. The number of carbonyl (C=O) groups excluding carboxylic acids is 2. The predicted octanol–water partition coefficient (Wildman–Crippen LogP) is 2.02. The molecule has 3 N–H and O–H groups in total. The van der Waals surface area contributed by atoms with Crippen LogP contribution in [0.15, 0.2) is 36.4 Å². The first-order valence-electron chi connectivity index (χ1n) is 7.37. The van der Waals surface area contributed by atoms with Gasteiger partial charge in [-0.05, 0) is 0 Å². The van der Waals surface area contributed by atoms with Crippen LogP contribution in [-0.4, -0.2) is 40.2 Å². The van der Waals surface area contributed by atoms with Crippen LogP contribution in [0.3, 0.4) is 0 Å². The first-order chi connectivity index (χ1) is 11.6. The van der Waals surface area contributed by atoms with Crippen molar-refractivity contribution >= 4 is 39.4 Å². The van der Waals surface area contributed by atoms with Gasteiger partial charge in [0.05, 0.1) is 5.33 Å². The van der Waals surface area contributed by atoms with Crippen LogP contribution < -0.4 is 16.0 Å². The molecule has 2 rings (SSSR count). The van der Waals surface area contributed by atoms with E-state index in [0.717, 1.165) is 5.56 Å². The molecule has 0 aliphatic carbocycles. The lowest BCUT2D eigenvalue weighted by molar-refractivity contribution is -0.119. The highest BCUT2D eigenvalue weighted by molar-refractivity contribution is 9.09. The third-order valence-electron chi connectivity index (χ3n) is 2.95. The maximum absolute atomic E-state index is 11.6. The summed E-state index contributed by atoms with van der Waals surface area (Å²) in [5, 5.41) is 8.70. The number of halogens is 1. The first kappa shape index (κ1) is 17.9. The maximum atomic E-state index is 11.6. The van der Waals surface area contributed by atoms with Gasteiger partial charge in [-0.25, -0.2) is 9.97 Å². The Morgan fingerprint density at radius 1 is 1.08 bits per heavy atom. The van der Waals surface area contributed by atoms with Crippen molar-refractivity contribution in [1.82, 2.24) is 15.3 Å². The van der Waals surface area contributed by atoms with E-state index in [9.17, 15) is 9.59 Å². The van der Waals surface area contributed by atoms with Gasteiger partial charge in [0.2, 0.25) is 11.8 Å². The predicted molar refractivity (Wildman–Crippen MR) is 97.1 cm³/mol. The molecule has 0 fully saturated rings. The Morgan fingerprint density at radius 3 is 2.46 bits per heavy atom. The molecule has 1 heterocycles. The van der Waals surface area contributed by atoms with Crippen molar-refractivity contribution in [1.29, 1.82) is 0 Å². The monoisotopic (exact) mass is 391 g/mol. The van der Waals surface area contributed by atoms with E-state index in [1.807, 2.05) is 30.3 Å². The van der Waals surface area contributed by atoms with Crippen LogP contribution >= 0.6 is 15.9 Å². The van der Waals surface area contributed by atoms with Crippen molar-refractivity contribution in [2.24, 2.45) is 0 Å². The largest absolute Gasteiger partial charge is 0.368 e. The minimum Gasteiger partial charge on any atom is -0.368 e. The Morgan fingerprint density at radius 2 is 1.79 bits per heavy atom. The Hall–Kier alpha value is -2.48. The van der Waals surface area contributed by atoms with Crippen LogP contribution in [0.4, 0.5) is 11.6 Å². The topological polar surface area (TPSA) is 96.0 Å². The molecule has 1 aromatic heterocycles. The molecule has 126 valence electrons. The first-order valence-corrected chi connectivity index (χ1v) is 8.49. The smallest absolute Gasteiger partial charge is 0.236 e. The van der Waals surface area contributed by atoms with E-state index in [1.165, 1.54) is 6.92 Å². The maximum Gasteiger partial charge on any atom is 0.236 e. The van der Waals surface area contributed by atoms with Gasteiger partial charge in [-0.3, -0.25) is 9.59 Å². The second kappa shape index (κ2) is 8.97. The van der Waals surface area contributed by atoms with Gasteiger partial charge in [-0.15, -0.1) is 0 Å². The van der Waals surface area contributed by atoms with E-state index >= 15 is 0 Å². The van der Waals surface area contributed by atoms with Crippen LogP contribution in [0.1, 0.15) is 6.92 Å². The molecule has 24 heavy (non-hydrogen) atoms. The van der Waals surface area contributed by atoms with Crippen LogP contribution in [0.25, 0.3) is 11.4 Å². The van der Waals surface area contributed by atoms with Gasteiger partial charge in [-0.2, -0.15) is 0 Å². The van der Waals surface area contributed by atoms with Crippen molar-refractivity contribution in [3.63, 3.8) is 0 Å². The second-order valence-electron chi connectivity index (χ2n) is 4.92. The zero-order valence-corrected chi connectivity index (χ0v) is 14.8. The van der Waals surface area contributed by atoms with Crippen LogP contribution in [-0.2, 0) is 9.59 Å². The molecule has 8 heteroatoms. The van der Waals surface area contributed by atoms with Gasteiger partial charge in [0.15, 0.2) is 5.82 Å². The van der Waals surface area contributed by atoms with E-state index in [4.69, 9.17) is 0 Å². The molecule has 1 aromatic carbocycles. The molecule has 0 atom stereocenters. The third kappa shape index (κ3) is 5.62. The Kier molecular flexibility index (Phi) is 6.68. The summed E-state index contributed by atoms with van der Waals surface area (Å²) in [6.45, 7) is 2.45. The molecule has 0 radical (unpaired) electrons. The molecule has 0 saturated carbocycles. The number of aromatic nitrogens is 2. The fourth-order valence-corrected chi connectivity index (χ4v) is 2.06. The molecule has 2 amide bonds. The van der Waals surface area contributed by atoms with Crippen molar-refractivity contribution in [2.45, 2.75) is 6.92 Å². The summed E-state index contributed by atoms with van der Waals surface area (Å²) in [5.74, 6) is 1.20. The lowest BCUT2D eigenvalue weighted by Crippen LogP contribution is -2.26. The van der Waals surface area contributed by atoms with E-state index in [-0.39, 0.29) is 17.1 Å². The molecular formula is C16H18BrN5O2. The lowest BCUT2D eigenvalue weighted by Gasteiger charge is -2.11. The van der Waals surface area contributed by atoms with E-state index in [2.05, 4.69) is 41.8 Å². The molecular weight excluding hydrogens is 374 g/mol. The number of hydrogen-bond acceptors (Lipinski definition) is 5. The molecule has 0 aliphatic rings. The third-order valence-corrected chi connectivity index (χ3v) is 3.46. The minimum atomic E-state index is -0.197. The average Bonchev–Trinajstić information content (AvgIpc) is 2.59. The summed E-state index contributed by atoms with van der Waals surface area (Å²) >= 11 is 3.11. The number of nitrogens with one attached hydrogen (secondary N) is 3. The zero-order chi connectivity index (χ0) is 17.4. The normalized spacial score (nSPS) is 10.1. The number of amides is 2. The summed E-state index contributed by atoms with van der Waals surface area (Å²) in [6, 6.07) is 11.1. The van der Waals surface area contributed by atoms with E-state index in [0.29, 0.717) is 30.5 Å². The molecule has 0 unspecified atom stereocenters. The summed E-state index contributed by atoms with van der Waals surface area (Å²) in [5.41, 5.74) is 0.845. The lowest BCUT2D eigenvalue weighted by atomic mass is 10.2. The fourth-order valence-electron chi connectivity index (χ4n) is 1.92. The standard InChI is InChI=1S/C16H18BrN5O2/c1-11(23)18-7-8-19-13-9-14(20-15(24)10-17)22-16(21-13)12-5-3-2-4-6-12/h2-6,9H,7-8,10H2,1H3,(H,18,23)(H2,19,20,21,22,24). The summed E-state index contributed by atoms with van der Waals surface area (Å²) in [6.07, 6.45) is 0. The van der Waals surface area contributed by atoms with Gasteiger partial charge in [0.25, 0.3) is 0 Å². The number of hydrogen-bond donors (Lipinski definition) is 3. The number of benzene rings is 1. The zero-order valence-electron chi connectivity index (χ0n) is 13.2. The van der Waals surface area contributed by atoms with Crippen molar-refractivity contribution in [2.75, 3.05) is 29.1 Å². The SMILES string of the molecule is CC(=O)NCCNc1cc(NC(=O)CBr)nc(-c2ccccc2)n1. The fraction of sp³-hybridized carbons (Fsp3) is 0.250. The highest BCUT2D eigenvalue weighted by Crippen LogP contribution is 2.20. The van der Waals surface area contributed by atoms with Gasteiger partial charge in [-0.1, -0.05) is 46.3 Å². The number of nitrogens with zero attached hydrogens (tertiary/aromatic N) is 2. The van der Waals surface area contributed by atoms with Crippen molar-refractivity contribution in [3.8, 4) is 11.4 Å². The highest BCUT2D eigenvalue weighted by atomic mass is 79.9. The summed E-state index contributed by atoms with van der Waals surface area (Å²) < 4.78 is 0. The Bertz CT molecular complexity index is 709. The summed E-state index contributed by atoms with van der Waals surface area (Å²) in [4.78, 5) is 31.3. The number of alkyl halides is 1. The van der Waals surface area contributed by atoms with Gasteiger partial charge in [0.1, 0.15) is 11.6 Å². The summed E-state index contributed by atoms with van der Waals surface area (Å²) in [7, 11) is 0. The van der Waals surface area contributed by atoms with Crippen molar-refractivity contribution in [3.05, 3.63) is 36.4 Å². The molecule has 0 aliphatic heterocycles. The average molecular weight is 392 g/mol. The van der Waals surface area contributed by atoms with Gasteiger partial charge >= 0.3 is 0 Å². The highest BCUT2D eigenvalue weighted by Gasteiger charge is 2.09. The molecule has 0 saturated heterocycles. The second-order valence-corrected chi connectivity index (χ2v) is 5.48. The van der Waals surface area contributed by atoms with Crippen LogP contribution in [0.5, 0.6) is 0 Å². The van der Waals surface area contributed by atoms with Crippen molar-refractivity contribution < 1.29 is 9.59 Å². The minimum absolute atomic E-state index is 0.0882. The van der Waals surface area contributed by atoms with Gasteiger partial charge in [0, 0.05) is 31.6 Å². The van der Waals surface area contributed by atoms with E-state index < -0.39 is 0 Å². The molecule has 0 bridgehead atoms. The molecule has 2 aromatic rings. The van der Waals surface area contributed by atoms with Gasteiger partial charge < -0.3 is 16.0 Å². The van der Waals surface area contributed by atoms with Crippen LogP contribution in [0.2, 0.25) is 0 Å². The molecule has 7 nitrogen and oxygen atoms in total. The number of carbonyl (C=O) groups is 2. The Labute approximate surface area is 148 Å². The molecule has 0 spiro atoms. The van der Waals surface area contributed by atoms with Crippen LogP contribution in [0, 0.1) is 0 Å². The van der Waals surface area contributed by atoms with E-state index in [1.54, 1.807) is 6.07 Å².